The second-order valence-corrected chi connectivity index (χ2v) is 4.94. The molecule has 0 spiro atoms. The molecule has 0 bridgehead atoms. The molecular weight excluding hydrogens is 264 g/mol. The molecule has 16 heavy (non-hydrogen) atoms. The summed E-state index contributed by atoms with van der Waals surface area (Å²) >= 11 is 3.53. The number of benzene rings is 1. The zero-order valence-electron chi connectivity index (χ0n) is 10.3. The van der Waals surface area contributed by atoms with Gasteiger partial charge in [-0.05, 0) is 38.0 Å². The van der Waals surface area contributed by atoms with E-state index in [1.54, 1.807) is 0 Å². The van der Waals surface area contributed by atoms with Gasteiger partial charge in [-0.2, -0.15) is 0 Å². The number of hydrogen-bond donors (Lipinski definition) is 1. The van der Waals surface area contributed by atoms with Gasteiger partial charge in [-0.3, -0.25) is 0 Å². The van der Waals surface area contributed by atoms with Crippen LogP contribution in [0.5, 0.6) is 0 Å². The van der Waals surface area contributed by atoms with Crippen LogP contribution in [0.4, 0.5) is 5.69 Å². The molecule has 0 saturated heterocycles. The second kappa shape index (κ2) is 6.26. The lowest BCUT2D eigenvalue weighted by Gasteiger charge is -2.31. The number of rotatable bonds is 5. The van der Waals surface area contributed by atoms with Gasteiger partial charge in [0.25, 0.3) is 0 Å². The minimum atomic E-state index is 0.546. The van der Waals surface area contributed by atoms with Crippen LogP contribution in [-0.2, 0) is 6.54 Å². The van der Waals surface area contributed by atoms with Crippen molar-refractivity contribution < 1.29 is 0 Å². The fourth-order valence-corrected chi connectivity index (χ4v) is 2.27. The summed E-state index contributed by atoms with van der Waals surface area (Å²) in [6, 6.07) is 6.86. The maximum Gasteiger partial charge on any atom is 0.0425 e. The summed E-state index contributed by atoms with van der Waals surface area (Å²) in [6.07, 6.45) is 1.14. The van der Waals surface area contributed by atoms with E-state index in [2.05, 4.69) is 59.8 Å². The fourth-order valence-electron chi connectivity index (χ4n) is 1.92. The van der Waals surface area contributed by atoms with Crippen molar-refractivity contribution >= 4 is 21.6 Å². The Bertz CT molecular complexity index is 339. The van der Waals surface area contributed by atoms with E-state index >= 15 is 0 Å². The van der Waals surface area contributed by atoms with E-state index in [0.29, 0.717) is 12.6 Å². The van der Waals surface area contributed by atoms with Crippen LogP contribution in [0, 0.1) is 0 Å². The SMILES string of the molecule is CCC(C)N(CC)c1cc(Br)ccc1CN. The quantitative estimate of drug-likeness (QED) is 0.896. The summed E-state index contributed by atoms with van der Waals surface area (Å²) in [6.45, 7) is 8.26. The smallest absolute Gasteiger partial charge is 0.0425 e. The number of nitrogens with zero attached hydrogens (tertiary/aromatic N) is 1. The molecule has 0 aromatic heterocycles. The van der Waals surface area contributed by atoms with Crippen LogP contribution in [0.25, 0.3) is 0 Å². The Morgan fingerprint density at radius 1 is 1.38 bits per heavy atom. The number of nitrogens with two attached hydrogens (primary N) is 1. The van der Waals surface area contributed by atoms with Crippen LogP contribution in [0.1, 0.15) is 32.8 Å². The third-order valence-corrected chi connectivity index (χ3v) is 3.53. The summed E-state index contributed by atoms with van der Waals surface area (Å²) in [7, 11) is 0. The molecule has 1 atom stereocenters. The van der Waals surface area contributed by atoms with Crippen molar-refractivity contribution in [2.24, 2.45) is 5.73 Å². The van der Waals surface area contributed by atoms with Crippen molar-refractivity contribution in [3.63, 3.8) is 0 Å². The number of anilines is 1. The molecular formula is C13H21BrN2. The first-order chi connectivity index (χ1) is 7.63. The summed E-state index contributed by atoms with van der Waals surface area (Å²) < 4.78 is 1.11. The molecule has 0 aliphatic heterocycles. The van der Waals surface area contributed by atoms with Gasteiger partial charge in [0, 0.05) is 29.3 Å². The van der Waals surface area contributed by atoms with Crippen molar-refractivity contribution in [3.8, 4) is 0 Å². The normalized spacial score (nSPS) is 12.6. The molecule has 0 fully saturated rings. The van der Waals surface area contributed by atoms with Gasteiger partial charge in [-0.1, -0.05) is 28.9 Å². The third-order valence-electron chi connectivity index (χ3n) is 3.04. The highest BCUT2D eigenvalue weighted by molar-refractivity contribution is 9.10. The lowest BCUT2D eigenvalue weighted by Crippen LogP contribution is -2.33. The van der Waals surface area contributed by atoms with E-state index in [0.717, 1.165) is 17.4 Å². The molecule has 2 N–H and O–H groups in total. The predicted octanol–water partition coefficient (Wildman–Crippen LogP) is 3.53. The molecule has 90 valence electrons. The molecule has 0 saturated carbocycles. The molecule has 1 aromatic rings. The molecule has 2 nitrogen and oxygen atoms in total. The van der Waals surface area contributed by atoms with Crippen molar-refractivity contribution in [2.45, 2.75) is 39.8 Å². The average Bonchev–Trinajstić information content (AvgIpc) is 2.30. The highest BCUT2D eigenvalue weighted by atomic mass is 79.9. The summed E-state index contributed by atoms with van der Waals surface area (Å²) in [5.74, 6) is 0. The van der Waals surface area contributed by atoms with Gasteiger partial charge in [0.1, 0.15) is 0 Å². The van der Waals surface area contributed by atoms with Gasteiger partial charge in [0.2, 0.25) is 0 Å². The van der Waals surface area contributed by atoms with Gasteiger partial charge >= 0.3 is 0 Å². The van der Waals surface area contributed by atoms with E-state index in [4.69, 9.17) is 5.73 Å². The monoisotopic (exact) mass is 284 g/mol. The lowest BCUT2D eigenvalue weighted by atomic mass is 10.1. The first-order valence-electron chi connectivity index (χ1n) is 5.89. The minimum absolute atomic E-state index is 0.546. The van der Waals surface area contributed by atoms with Crippen LogP contribution in [0.2, 0.25) is 0 Å². The van der Waals surface area contributed by atoms with Gasteiger partial charge in [0.05, 0.1) is 0 Å². The fraction of sp³-hybridized carbons (Fsp3) is 0.538. The molecule has 1 unspecified atom stereocenters. The van der Waals surface area contributed by atoms with Gasteiger partial charge < -0.3 is 10.6 Å². The van der Waals surface area contributed by atoms with Crippen LogP contribution in [0.3, 0.4) is 0 Å². The van der Waals surface area contributed by atoms with Gasteiger partial charge in [-0.15, -0.1) is 0 Å². The highest BCUT2D eigenvalue weighted by Crippen LogP contribution is 2.27. The molecule has 1 aromatic carbocycles. The Balaban J connectivity index is 3.11. The van der Waals surface area contributed by atoms with E-state index in [9.17, 15) is 0 Å². The standard InChI is InChI=1S/C13H21BrN2/c1-4-10(3)16(5-2)13-8-12(14)7-6-11(13)9-15/h6-8,10H,4-5,9,15H2,1-3H3. The Morgan fingerprint density at radius 3 is 2.56 bits per heavy atom. The van der Waals surface area contributed by atoms with E-state index in [1.807, 2.05) is 0 Å². The summed E-state index contributed by atoms with van der Waals surface area (Å²) in [4.78, 5) is 2.41. The zero-order chi connectivity index (χ0) is 12.1. The molecule has 0 aliphatic rings. The van der Waals surface area contributed by atoms with Crippen molar-refractivity contribution in [1.82, 2.24) is 0 Å². The minimum Gasteiger partial charge on any atom is -0.369 e. The van der Waals surface area contributed by atoms with Crippen LogP contribution < -0.4 is 10.6 Å². The largest absolute Gasteiger partial charge is 0.369 e. The number of halogens is 1. The average molecular weight is 285 g/mol. The van der Waals surface area contributed by atoms with Crippen LogP contribution in [0.15, 0.2) is 22.7 Å². The topological polar surface area (TPSA) is 29.3 Å². The van der Waals surface area contributed by atoms with Gasteiger partial charge in [0.15, 0.2) is 0 Å². The molecule has 0 radical (unpaired) electrons. The molecule has 0 aliphatic carbocycles. The molecule has 0 amide bonds. The van der Waals surface area contributed by atoms with Crippen molar-refractivity contribution in [3.05, 3.63) is 28.2 Å². The lowest BCUT2D eigenvalue weighted by molar-refractivity contribution is 0.627. The Hall–Kier alpha value is -0.540. The van der Waals surface area contributed by atoms with Crippen molar-refractivity contribution in [1.29, 1.82) is 0 Å². The Morgan fingerprint density at radius 2 is 2.06 bits per heavy atom. The predicted molar refractivity (Wildman–Crippen MR) is 74.8 cm³/mol. The number of hydrogen-bond acceptors (Lipinski definition) is 2. The zero-order valence-corrected chi connectivity index (χ0v) is 11.9. The second-order valence-electron chi connectivity index (χ2n) is 4.02. The maximum atomic E-state index is 5.79. The first-order valence-corrected chi connectivity index (χ1v) is 6.68. The van der Waals surface area contributed by atoms with E-state index in [-0.39, 0.29) is 0 Å². The third kappa shape index (κ3) is 2.98. The highest BCUT2D eigenvalue weighted by Gasteiger charge is 2.14. The maximum absolute atomic E-state index is 5.79. The molecule has 3 heteroatoms. The molecule has 0 heterocycles. The van der Waals surface area contributed by atoms with E-state index in [1.165, 1.54) is 11.3 Å². The Kier molecular flexibility index (Phi) is 5.29. The van der Waals surface area contributed by atoms with Crippen molar-refractivity contribution in [2.75, 3.05) is 11.4 Å². The summed E-state index contributed by atoms with van der Waals surface area (Å²) in [5, 5.41) is 0. The molecule has 1 rings (SSSR count). The van der Waals surface area contributed by atoms with Crippen LogP contribution >= 0.6 is 15.9 Å². The Labute approximate surface area is 107 Å². The van der Waals surface area contributed by atoms with E-state index < -0.39 is 0 Å². The van der Waals surface area contributed by atoms with Gasteiger partial charge in [-0.25, -0.2) is 0 Å². The first kappa shape index (κ1) is 13.5. The van der Waals surface area contributed by atoms with Crippen LogP contribution in [-0.4, -0.2) is 12.6 Å². The summed E-state index contributed by atoms with van der Waals surface area (Å²) in [5.41, 5.74) is 8.26.